The van der Waals surface area contributed by atoms with Gasteiger partial charge in [-0.3, -0.25) is 0 Å². The molecule has 154 valence electrons. The van der Waals surface area contributed by atoms with E-state index < -0.39 is 0 Å². The number of nitrogens with zero attached hydrogens (tertiary/aromatic N) is 3. The van der Waals surface area contributed by atoms with E-state index in [1.807, 2.05) is 11.8 Å². The normalized spacial score (nSPS) is 18.2. The molecular weight excluding hydrogens is 356 g/mol. The molecule has 0 spiro atoms. The van der Waals surface area contributed by atoms with Crippen molar-refractivity contribution in [2.24, 2.45) is 0 Å². The molecule has 0 unspecified atom stereocenters. The van der Waals surface area contributed by atoms with Crippen LogP contribution in [0.4, 0.5) is 15.3 Å². The number of carbonyl (C=O) groups excluding carboxylic acids is 2. The number of aryl methyl sites for hydroxylation is 1. The lowest BCUT2D eigenvalue weighted by molar-refractivity contribution is 0.0950. The number of hydrogen-bond donors (Lipinski definition) is 1. The third-order valence-electron chi connectivity index (χ3n) is 5.83. The van der Waals surface area contributed by atoms with Gasteiger partial charge in [0.05, 0.1) is 6.61 Å². The molecule has 3 amide bonds. The Bertz CT molecular complexity index is 693. The van der Waals surface area contributed by atoms with Crippen molar-refractivity contribution >= 4 is 17.8 Å². The summed E-state index contributed by atoms with van der Waals surface area (Å²) >= 11 is 0. The molecule has 7 heteroatoms. The lowest BCUT2D eigenvalue weighted by Crippen LogP contribution is -2.55. The Balaban J connectivity index is 1.45. The van der Waals surface area contributed by atoms with Crippen LogP contribution < -0.4 is 10.2 Å². The summed E-state index contributed by atoms with van der Waals surface area (Å²) < 4.78 is 5.04. The number of hydrogen-bond acceptors (Lipinski definition) is 4. The summed E-state index contributed by atoms with van der Waals surface area (Å²) in [5, 5.41) is 3.14. The van der Waals surface area contributed by atoms with Crippen LogP contribution in [0, 0.1) is 13.8 Å². The Morgan fingerprint density at radius 3 is 2.36 bits per heavy atom. The molecular formula is C21H32N4O3. The fourth-order valence-corrected chi connectivity index (χ4v) is 3.92. The monoisotopic (exact) mass is 388 g/mol. The maximum absolute atomic E-state index is 12.6. The van der Waals surface area contributed by atoms with Gasteiger partial charge in [0, 0.05) is 51.0 Å². The number of piperazine rings is 1. The molecule has 2 heterocycles. The van der Waals surface area contributed by atoms with Gasteiger partial charge in [0.2, 0.25) is 0 Å². The minimum absolute atomic E-state index is 0.00944. The number of amides is 3. The largest absolute Gasteiger partial charge is 0.450 e. The molecule has 2 aliphatic rings. The van der Waals surface area contributed by atoms with Crippen molar-refractivity contribution in [3.05, 3.63) is 29.3 Å². The second-order valence-corrected chi connectivity index (χ2v) is 7.60. The molecule has 1 aromatic carbocycles. The molecule has 7 nitrogen and oxygen atoms in total. The van der Waals surface area contributed by atoms with Gasteiger partial charge in [-0.25, -0.2) is 9.59 Å². The predicted molar refractivity (Wildman–Crippen MR) is 110 cm³/mol. The zero-order chi connectivity index (χ0) is 20.1. The SMILES string of the molecule is CCOC(=O)N1CCC(NC(=O)N2CCN(c3cccc(C)c3C)CC2)CC1. The summed E-state index contributed by atoms with van der Waals surface area (Å²) in [6.45, 7) is 10.9. The molecule has 0 aliphatic carbocycles. The zero-order valence-corrected chi connectivity index (χ0v) is 17.2. The first-order valence-electron chi connectivity index (χ1n) is 10.3. The molecule has 28 heavy (non-hydrogen) atoms. The van der Waals surface area contributed by atoms with Crippen LogP contribution in [0.2, 0.25) is 0 Å². The first-order valence-corrected chi connectivity index (χ1v) is 10.3. The van der Waals surface area contributed by atoms with Crippen LogP contribution in [0.25, 0.3) is 0 Å². The van der Waals surface area contributed by atoms with Gasteiger partial charge >= 0.3 is 12.1 Å². The molecule has 2 fully saturated rings. The van der Waals surface area contributed by atoms with Crippen molar-refractivity contribution in [2.45, 2.75) is 39.7 Å². The molecule has 1 N–H and O–H groups in total. The van der Waals surface area contributed by atoms with E-state index in [4.69, 9.17) is 4.74 Å². The van der Waals surface area contributed by atoms with Crippen LogP contribution in [0.15, 0.2) is 18.2 Å². The third-order valence-corrected chi connectivity index (χ3v) is 5.83. The van der Waals surface area contributed by atoms with Crippen molar-refractivity contribution < 1.29 is 14.3 Å². The molecule has 2 aliphatic heterocycles. The summed E-state index contributed by atoms with van der Waals surface area (Å²) in [6, 6.07) is 6.52. The number of likely N-dealkylation sites (tertiary alicyclic amines) is 1. The number of anilines is 1. The summed E-state index contributed by atoms with van der Waals surface area (Å²) in [5.41, 5.74) is 3.88. The van der Waals surface area contributed by atoms with Crippen molar-refractivity contribution in [1.29, 1.82) is 0 Å². The molecule has 0 aromatic heterocycles. The quantitative estimate of drug-likeness (QED) is 0.865. The minimum atomic E-state index is -0.255. The third kappa shape index (κ3) is 4.69. The first kappa shape index (κ1) is 20.3. The standard InChI is InChI=1S/C21H32N4O3/c1-4-28-21(27)25-10-8-18(9-11-25)22-20(26)24-14-12-23(13-15-24)19-7-5-6-16(2)17(19)3/h5-7,18H,4,8-15H2,1-3H3,(H,22,26). The van der Waals surface area contributed by atoms with Crippen LogP contribution in [0.1, 0.15) is 30.9 Å². The van der Waals surface area contributed by atoms with Crippen molar-refractivity contribution in [3.63, 3.8) is 0 Å². The fourth-order valence-electron chi connectivity index (χ4n) is 3.92. The van der Waals surface area contributed by atoms with E-state index >= 15 is 0 Å². The van der Waals surface area contributed by atoms with Crippen LogP contribution in [0.5, 0.6) is 0 Å². The van der Waals surface area contributed by atoms with E-state index in [0.717, 1.165) is 39.0 Å². The molecule has 1 aromatic rings. The van der Waals surface area contributed by atoms with Gasteiger partial charge in [0.25, 0.3) is 0 Å². The Morgan fingerprint density at radius 2 is 1.71 bits per heavy atom. The summed E-state index contributed by atoms with van der Waals surface area (Å²) in [5.74, 6) is 0. The van der Waals surface area contributed by atoms with Crippen molar-refractivity contribution in [1.82, 2.24) is 15.1 Å². The highest BCUT2D eigenvalue weighted by Gasteiger charge is 2.27. The highest BCUT2D eigenvalue weighted by atomic mass is 16.6. The molecule has 0 bridgehead atoms. The highest BCUT2D eigenvalue weighted by Crippen LogP contribution is 2.24. The van der Waals surface area contributed by atoms with Gasteiger partial charge in [0.15, 0.2) is 0 Å². The van der Waals surface area contributed by atoms with Gasteiger partial charge in [-0.15, -0.1) is 0 Å². The number of benzene rings is 1. The van der Waals surface area contributed by atoms with E-state index in [1.54, 1.807) is 4.90 Å². The average Bonchev–Trinajstić information content (AvgIpc) is 2.71. The highest BCUT2D eigenvalue weighted by molar-refractivity contribution is 5.75. The van der Waals surface area contributed by atoms with Crippen LogP contribution in [-0.2, 0) is 4.74 Å². The lowest BCUT2D eigenvalue weighted by Gasteiger charge is -2.38. The lowest BCUT2D eigenvalue weighted by atomic mass is 10.1. The maximum Gasteiger partial charge on any atom is 0.409 e. The number of nitrogens with one attached hydrogen (secondary N) is 1. The molecule has 3 rings (SSSR count). The smallest absolute Gasteiger partial charge is 0.409 e. The summed E-state index contributed by atoms with van der Waals surface area (Å²) in [7, 11) is 0. The van der Waals surface area contributed by atoms with Crippen molar-refractivity contribution in [2.75, 3.05) is 50.8 Å². The fraction of sp³-hybridized carbons (Fsp3) is 0.619. The van der Waals surface area contributed by atoms with Crippen LogP contribution >= 0.6 is 0 Å². The zero-order valence-electron chi connectivity index (χ0n) is 17.2. The number of urea groups is 1. The Labute approximate surface area is 167 Å². The van der Waals surface area contributed by atoms with Gasteiger partial charge in [-0.05, 0) is 50.8 Å². The van der Waals surface area contributed by atoms with Gasteiger partial charge in [-0.1, -0.05) is 12.1 Å². The van der Waals surface area contributed by atoms with Gasteiger partial charge in [-0.2, -0.15) is 0 Å². The Morgan fingerprint density at radius 1 is 1.04 bits per heavy atom. The second-order valence-electron chi connectivity index (χ2n) is 7.60. The van der Waals surface area contributed by atoms with Crippen LogP contribution in [-0.4, -0.2) is 73.8 Å². The molecule has 0 radical (unpaired) electrons. The molecule has 2 saturated heterocycles. The molecule has 0 atom stereocenters. The minimum Gasteiger partial charge on any atom is -0.450 e. The van der Waals surface area contributed by atoms with E-state index in [9.17, 15) is 9.59 Å². The number of piperidine rings is 1. The summed E-state index contributed by atoms with van der Waals surface area (Å²) in [6.07, 6.45) is 1.29. The van der Waals surface area contributed by atoms with Crippen molar-refractivity contribution in [3.8, 4) is 0 Å². The average molecular weight is 389 g/mol. The van der Waals surface area contributed by atoms with Gasteiger partial charge < -0.3 is 24.8 Å². The predicted octanol–water partition coefficient (Wildman–Crippen LogP) is 2.76. The summed E-state index contributed by atoms with van der Waals surface area (Å²) in [4.78, 5) is 30.4. The second kappa shape index (κ2) is 9.17. The maximum atomic E-state index is 12.6. The topological polar surface area (TPSA) is 65.1 Å². The Hall–Kier alpha value is -2.44. The first-order chi connectivity index (χ1) is 13.5. The van der Waals surface area contributed by atoms with E-state index in [1.165, 1.54) is 16.8 Å². The number of carbonyl (C=O) groups is 2. The van der Waals surface area contributed by atoms with E-state index in [0.29, 0.717) is 19.7 Å². The number of rotatable bonds is 3. The van der Waals surface area contributed by atoms with Crippen LogP contribution in [0.3, 0.4) is 0 Å². The van der Waals surface area contributed by atoms with E-state index in [2.05, 4.69) is 42.3 Å². The number of ether oxygens (including phenoxy) is 1. The molecule has 0 saturated carbocycles. The Kier molecular flexibility index (Phi) is 6.65. The van der Waals surface area contributed by atoms with E-state index in [-0.39, 0.29) is 18.2 Å². The van der Waals surface area contributed by atoms with Gasteiger partial charge in [0.1, 0.15) is 0 Å².